The lowest BCUT2D eigenvalue weighted by Crippen LogP contribution is -2.46. The molecule has 2 atom stereocenters. The van der Waals surface area contributed by atoms with Gasteiger partial charge in [-0.3, -0.25) is 0 Å². The molecular formula is C16H32N2O3S. The van der Waals surface area contributed by atoms with Crippen LogP contribution in [-0.4, -0.2) is 53.5 Å². The van der Waals surface area contributed by atoms with E-state index in [1.54, 1.807) is 0 Å². The molecule has 5 nitrogen and oxygen atoms in total. The monoisotopic (exact) mass is 332 g/mol. The fourth-order valence-electron chi connectivity index (χ4n) is 2.58. The van der Waals surface area contributed by atoms with Gasteiger partial charge in [-0.1, -0.05) is 0 Å². The molecule has 1 saturated carbocycles. The van der Waals surface area contributed by atoms with E-state index in [1.165, 1.54) is 6.42 Å². The zero-order valence-corrected chi connectivity index (χ0v) is 15.0. The summed E-state index contributed by atoms with van der Waals surface area (Å²) in [5.74, 6) is 2.09. The van der Waals surface area contributed by atoms with Crippen molar-refractivity contribution in [3.05, 3.63) is 0 Å². The molecule has 0 aromatic rings. The average molecular weight is 333 g/mol. The normalized spacial score (nSPS) is 22.4. The van der Waals surface area contributed by atoms with Gasteiger partial charge >= 0.3 is 6.09 Å². The molecule has 3 N–H and O–H groups in total. The molecule has 6 heteroatoms. The lowest BCUT2D eigenvalue weighted by atomic mass is 9.91. The first kappa shape index (κ1) is 19.6. The second-order valence-corrected chi connectivity index (χ2v) is 8.08. The molecule has 0 spiro atoms. The Hall–Kier alpha value is -0.460. The van der Waals surface area contributed by atoms with Gasteiger partial charge in [0, 0.05) is 31.0 Å². The molecule has 1 amide bonds. The standard InChI is InChI=1S/C16H32N2O3S/c1-16(2,3)21-15(20)18-14-7-4-6-13(12-14)17-8-11-22-10-5-9-19/h13-14,17,19H,4-12H2,1-3H3,(H,18,20). The van der Waals surface area contributed by atoms with Gasteiger partial charge in [0.25, 0.3) is 0 Å². The van der Waals surface area contributed by atoms with Gasteiger partial charge in [0.05, 0.1) is 0 Å². The van der Waals surface area contributed by atoms with Crippen LogP contribution in [0.4, 0.5) is 4.79 Å². The van der Waals surface area contributed by atoms with E-state index in [1.807, 2.05) is 32.5 Å². The summed E-state index contributed by atoms with van der Waals surface area (Å²) in [7, 11) is 0. The van der Waals surface area contributed by atoms with Crippen LogP contribution >= 0.6 is 11.8 Å². The van der Waals surface area contributed by atoms with Crippen molar-refractivity contribution < 1.29 is 14.6 Å². The third-order valence-corrected chi connectivity index (χ3v) is 4.59. The Morgan fingerprint density at radius 3 is 2.68 bits per heavy atom. The van der Waals surface area contributed by atoms with Gasteiger partial charge in [-0.05, 0) is 58.6 Å². The number of nitrogens with one attached hydrogen (secondary N) is 2. The number of thioether (sulfide) groups is 1. The predicted octanol–water partition coefficient (Wildman–Crippen LogP) is 2.53. The Morgan fingerprint density at radius 1 is 1.27 bits per heavy atom. The molecule has 1 fully saturated rings. The second kappa shape index (κ2) is 10.3. The number of amides is 1. The van der Waals surface area contributed by atoms with Gasteiger partial charge in [0.15, 0.2) is 0 Å². The maximum Gasteiger partial charge on any atom is 0.407 e. The SMILES string of the molecule is CC(C)(C)OC(=O)NC1CCCC(NCCSCCCO)C1. The number of hydrogen-bond donors (Lipinski definition) is 3. The fraction of sp³-hybridized carbons (Fsp3) is 0.938. The van der Waals surface area contributed by atoms with Crippen molar-refractivity contribution in [3.63, 3.8) is 0 Å². The van der Waals surface area contributed by atoms with Crippen LogP contribution in [0.5, 0.6) is 0 Å². The van der Waals surface area contributed by atoms with E-state index in [9.17, 15) is 4.79 Å². The van der Waals surface area contributed by atoms with Gasteiger partial charge in [0.2, 0.25) is 0 Å². The van der Waals surface area contributed by atoms with E-state index in [0.717, 1.165) is 43.7 Å². The van der Waals surface area contributed by atoms with Gasteiger partial charge in [0.1, 0.15) is 5.60 Å². The van der Waals surface area contributed by atoms with E-state index >= 15 is 0 Å². The first-order chi connectivity index (χ1) is 10.4. The molecule has 22 heavy (non-hydrogen) atoms. The quantitative estimate of drug-likeness (QED) is 0.596. The number of carbonyl (C=O) groups excluding carboxylic acids is 1. The van der Waals surface area contributed by atoms with Crippen molar-refractivity contribution in [1.82, 2.24) is 10.6 Å². The smallest absolute Gasteiger partial charge is 0.407 e. The molecular weight excluding hydrogens is 300 g/mol. The Kier molecular flexibility index (Phi) is 9.21. The summed E-state index contributed by atoms with van der Waals surface area (Å²) in [6.45, 7) is 6.91. The highest BCUT2D eigenvalue weighted by Gasteiger charge is 2.25. The first-order valence-electron chi connectivity index (χ1n) is 8.32. The zero-order valence-electron chi connectivity index (χ0n) is 14.2. The maximum atomic E-state index is 11.8. The lowest BCUT2D eigenvalue weighted by Gasteiger charge is -2.31. The van der Waals surface area contributed by atoms with Crippen molar-refractivity contribution in [3.8, 4) is 0 Å². The first-order valence-corrected chi connectivity index (χ1v) is 9.47. The summed E-state index contributed by atoms with van der Waals surface area (Å²) in [4.78, 5) is 11.8. The highest BCUT2D eigenvalue weighted by atomic mass is 32.2. The molecule has 1 aliphatic rings. The third kappa shape index (κ3) is 9.54. The number of aliphatic hydroxyl groups excluding tert-OH is 1. The van der Waals surface area contributed by atoms with E-state index in [2.05, 4.69) is 10.6 Å². The minimum Gasteiger partial charge on any atom is -0.444 e. The largest absolute Gasteiger partial charge is 0.444 e. The summed E-state index contributed by atoms with van der Waals surface area (Å²) in [6, 6.07) is 0.690. The molecule has 0 aromatic heterocycles. The van der Waals surface area contributed by atoms with Crippen LogP contribution in [0, 0.1) is 0 Å². The minimum absolute atomic E-state index is 0.211. The Labute approximate surface area is 138 Å². The molecule has 2 unspecified atom stereocenters. The van der Waals surface area contributed by atoms with E-state index in [4.69, 9.17) is 9.84 Å². The molecule has 1 aliphatic carbocycles. The summed E-state index contributed by atoms with van der Waals surface area (Å²) >= 11 is 1.87. The summed E-state index contributed by atoms with van der Waals surface area (Å²) in [5, 5.41) is 15.3. The highest BCUT2D eigenvalue weighted by molar-refractivity contribution is 7.99. The number of rotatable bonds is 8. The minimum atomic E-state index is -0.442. The molecule has 0 heterocycles. The Balaban J connectivity index is 2.17. The fourth-order valence-corrected chi connectivity index (χ4v) is 3.38. The summed E-state index contributed by atoms with van der Waals surface area (Å²) in [5.41, 5.74) is -0.442. The molecule has 0 bridgehead atoms. The van der Waals surface area contributed by atoms with Gasteiger partial charge in [-0.15, -0.1) is 0 Å². The van der Waals surface area contributed by atoms with Gasteiger partial charge in [-0.2, -0.15) is 11.8 Å². The van der Waals surface area contributed by atoms with Gasteiger partial charge < -0.3 is 20.5 Å². The van der Waals surface area contributed by atoms with Crippen LogP contribution in [0.15, 0.2) is 0 Å². The molecule has 0 radical (unpaired) electrons. The van der Waals surface area contributed by atoms with Crippen molar-refractivity contribution in [2.75, 3.05) is 24.7 Å². The third-order valence-electron chi connectivity index (χ3n) is 3.52. The number of hydrogen-bond acceptors (Lipinski definition) is 5. The summed E-state index contributed by atoms with van der Waals surface area (Å²) in [6.07, 6.45) is 4.88. The van der Waals surface area contributed by atoms with Crippen LogP contribution in [0.25, 0.3) is 0 Å². The number of ether oxygens (including phenoxy) is 1. The van der Waals surface area contributed by atoms with Crippen molar-refractivity contribution in [1.29, 1.82) is 0 Å². The topological polar surface area (TPSA) is 70.6 Å². The Morgan fingerprint density at radius 2 is 2.00 bits per heavy atom. The number of carbonyl (C=O) groups is 1. The van der Waals surface area contributed by atoms with Crippen LogP contribution in [0.1, 0.15) is 52.9 Å². The maximum absolute atomic E-state index is 11.8. The molecule has 130 valence electrons. The summed E-state index contributed by atoms with van der Waals surface area (Å²) < 4.78 is 5.32. The molecule has 1 rings (SSSR count). The molecule has 0 saturated heterocycles. The predicted molar refractivity (Wildman–Crippen MR) is 92.4 cm³/mol. The lowest BCUT2D eigenvalue weighted by molar-refractivity contribution is 0.0489. The second-order valence-electron chi connectivity index (χ2n) is 6.85. The van der Waals surface area contributed by atoms with Crippen LogP contribution in [-0.2, 0) is 4.74 Å². The number of aliphatic hydroxyl groups is 1. The van der Waals surface area contributed by atoms with Crippen LogP contribution in [0.3, 0.4) is 0 Å². The van der Waals surface area contributed by atoms with Crippen LogP contribution < -0.4 is 10.6 Å². The molecule has 0 aromatic carbocycles. The molecule has 0 aliphatic heterocycles. The number of alkyl carbamates (subject to hydrolysis) is 1. The van der Waals surface area contributed by atoms with E-state index in [0.29, 0.717) is 6.04 Å². The zero-order chi connectivity index (χ0) is 16.4. The average Bonchev–Trinajstić information content (AvgIpc) is 2.41. The Bertz CT molecular complexity index is 321. The van der Waals surface area contributed by atoms with E-state index in [-0.39, 0.29) is 18.7 Å². The van der Waals surface area contributed by atoms with Crippen molar-refractivity contribution in [2.45, 2.75) is 70.6 Å². The van der Waals surface area contributed by atoms with Crippen molar-refractivity contribution in [2.24, 2.45) is 0 Å². The highest BCUT2D eigenvalue weighted by Crippen LogP contribution is 2.19. The van der Waals surface area contributed by atoms with Crippen LogP contribution in [0.2, 0.25) is 0 Å². The van der Waals surface area contributed by atoms with E-state index < -0.39 is 5.60 Å². The van der Waals surface area contributed by atoms with Gasteiger partial charge in [-0.25, -0.2) is 4.79 Å². The van der Waals surface area contributed by atoms with Crippen molar-refractivity contribution >= 4 is 17.9 Å².